The maximum absolute atomic E-state index is 14.2. The molecule has 0 unspecified atom stereocenters. The zero-order valence-electron chi connectivity index (χ0n) is 19.3. The number of nitrogens with zero attached hydrogens (tertiary/aromatic N) is 3. The summed E-state index contributed by atoms with van der Waals surface area (Å²) >= 11 is 0. The third-order valence-electron chi connectivity index (χ3n) is 7.00. The number of hydrogen-bond acceptors (Lipinski definition) is 5. The van der Waals surface area contributed by atoms with Gasteiger partial charge in [-0.05, 0) is 55.1 Å². The average molecular weight is 458 g/mol. The number of piperidine rings is 1. The van der Waals surface area contributed by atoms with E-state index in [1.54, 1.807) is 18.2 Å². The molecule has 2 fully saturated rings. The monoisotopic (exact) mass is 457 g/mol. The Morgan fingerprint density at radius 1 is 1.03 bits per heavy atom. The maximum Gasteiger partial charge on any atom is 0.305 e. The van der Waals surface area contributed by atoms with Gasteiger partial charge in [0.15, 0.2) is 0 Å². The topological polar surface area (TPSA) is 36.0 Å². The fourth-order valence-electron chi connectivity index (χ4n) is 5.30. The Balaban J connectivity index is 1.39. The van der Waals surface area contributed by atoms with Gasteiger partial charge in [0, 0.05) is 51.7 Å². The number of anilines is 1. The van der Waals surface area contributed by atoms with Crippen LogP contribution < -0.4 is 4.90 Å². The number of para-hydroxylation sites is 1. The Kier molecular flexibility index (Phi) is 7.93. The number of rotatable bonds is 7. The van der Waals surface area contributed by atoms with Crippen molar-refractivity contribution in [2.75, 3.05) is 51.3 Å². The van der Waals surface area contributed by atoms with Gasteiger partial charge in [-0.2, -0.15) is 0 Å². The van der Waals surface area contributed by atoms with Crippen molar-refractivity contribution in [3.8, 4) is 0 Å². The number of ether oxygens (including phenoxy) is 1. The predicted octanol–water partition coefficient (Wildman–Crippen LogP) is 3.93. The minimum absolute atomic E-state index is 0.174. The summed E-state index contributed by atoms with van der Waals surface area (Å²) in [5, 5.41) is 0. The van der Waals surface area contributed by atoms with Gasteiger partial charge in [0.2, 0.25) is 0 Å². The van der Waals surface area contributed by atoms with E-state index in [1.165, 1.54) is 19.2 Å². The summed E-state index contributed by atoms with van der Waals surface area (Å²) in [6.07, 6.45) is 2.17. The molecule has 2 atom stereocenters. The molecule has 0 spiro atoms. The van der Waals surface area contributed by atoms with Crippen LogP contribution in [0.3, 0.4) is 0 Å². The van der Waals surface area contributed by atoms with Gasteiger partial charge in [-0.3, -0.25) is 14.6 Å². The van der Waals surface area contributed by atoms with Gasteiger partial charge in [-0.25, -0.2) is 8.78 Å². The van der Waals surface area contributed by atoms with Crippen molar-refractivity contribution in [2.45, 2.75) is 31.8 Å². The van der Waals surface area contributed by atoms with Gasteiger partial charge in [0.1, 0.15) is 11.6 Å². The van der Waals surface area contributed by atoms with E-state index in [4.69, 9.17) is 4.74 Å². The normalized spacial score (nSPS) is 22.3. The van der Waals surface area contributed by atoms with E-state index in [2.05, 4.69) is 14.7 Å². The molecule has 4 rings (SSSR count). The Hall–Kier alpha value is -2.51. The second-order valence-electron chi connectivity index (χ2n) is 9.07. The molecule has 5 nitrogen and oxygen atoms in total. The number of piperazine rings is 1. The van der Waals surface area contributed by atoms with E-state index >= 15 is 0 Å². The van der Waals surface area contributed by atoms with Crippen molar-refractivity contribution in [3.05, 3.63) is 65.7 Å². The predicted molar refractivity (Wildman–Crippen MR) is 125 cm³/mol. The van der Waals surface area contributed by atoms with Crippen molar-refractivity contribution in [1.82, 2.24) is 9.80 Å². The van der Waals surface area contributed by atoms with Crippen LogP contribution in [0.2, 0.25) is 0 Å². The van der Waals surface area contributed by atoms with E-state index < -0.39 is 0 Å². The van der Waals surface area contributed by atoms with Crippen LogP contribution in [0.25, 0.3) is 0 Å². The number of carbonyl (C=O) groups excluding carboxylic acids is 1. The van der Waals surface area contributed by atoms with Crippen LogP contribution in [0.15, 0.2) is 48.5 Å². The number of hydrogen-bond donors (Lipinski definition) is 0. The van der Waals surface area contributed by atoms with E-state index in [-0.39, 0.29) is 17.6 Å². The molecule has 2 aliphatic rings. The fraction of sp³-hybridized carbons (Fsp3) is 0.500. The number of benzene rings is 2. The van der Waals surface area contributed by atoms with Gasteiger partial charge in [-0.1, -0.05) is 24.3 Å². The van der Waals surface area contributed by atoms with Gasteiger partial charge in [0.25, 0.3) is 0 Å². The third-order valence-corrected chi connectivity index (χ3v) is 7.00. The minimum atomic E-state index is -0.211. The van der Waals surface area contributed by atoms with Crippen LogP contribution in [0.4, 0.5) is 14.5 Å². The van der Waals surface area contributed by atoms with Crippen LogP contribution in [0.1, 0.15) is 24.8 Å². The second kappa shape index (κ2) is 11.1. The highest BCUT2D eigenvalue weighted by Crippen LogP contribution is 2.29. The van der Waals surface area contributed by atoms with Crippen LogP contribution in [0, 0.1) is 17.6 Å². The van der Waals surface area contributed by atoms with Crippen molar-refractivity contribution in [2.24, 2.45) is 5.92 Å². The minimum Gasteiger partial charge on any atom is -0.469 e. The first-order valence-corrected chi connectivity index (χ1v) is 11.8. The summed E-state index contributed by atoms with van der Waals surface area (Å²) in [6.45, 7) is 5.83. The maximum atomic E-state index is 14.2. The first kappa shape index (κ1) is 23.6. The molecular weight excluding hydrogens is 424 g/mol. The van der Waals surface area contributed by atoms with Crippen LogP contribution >= 0.6 is 0 Å². The van der Waals surface area contributed by atoms with E-state index in [9.17, 15) is 13.6 Å². The Labute approximate surface area is 194 Å². The fourth-order valence-corrected chi connectivity index (χ4v) is 5.30. The number of methoxy groups -OCH3 is 1. The lowest BCUT2D eigenvalue weighted by molar-refractivity contribution is -0.141. The highest BCUT2D eigenvalue weighted by molar-refractivity contribution is 5.69. The van der Waals surface area contributed by atoms with Gasteiger partial charge in [-0.15, -0.1) is 0 Å². The SMILES string of the molecule is COC(=O)CC[C@H]1CN(Cc2cccc(F)c2)CC[C@H]1N1CCN(c2ccccc2F)CC1. The number of esters is 1. The quantitative estimate of drug-likeness (QED) is 0.589. The molecule has 0 radical (unpaired) electrons. The average Bonchev–Trinajstić information content (AvgIpc) is 2.83. The van der Waals surface area contributed by atoms with Gasteiger partial charge >= 0.3 is 5.97 Å². The molecule has 2 saturated heterocycles. The van der Waals surface area contributed by atoms with E-state index in [1.807, 2.05) is 18.2 Å². The highest BCUT2D eigenvalue weighted by atomic mass is 19.1. The smallest absolute Gasteiger partial charge is 0.305 e. The molecule has 33 heavy (non-hydrogen) atoms. The molecule has 2 aromatic rings. The van der Waals surface area contributed by atoms with Gasteiger partial charge < -0.3 is 9.64 Å². The van der Waals surface area contributed by atoms with Gasteiger partial charge in [0.05, 0.1) is 12.8 Å². The summed E-state index contributed by atoms with van der Waals surface area (Å²) in [4.78, 5) is 18.8. The van der Waals surface area contributed by atoms with Crippen LogP contribution in [-0.2, 0) is 16.1 Å². The molecule has 2 heterocycles. The Morgan fingerprint density at radius 2 is 1.82 bits per heavy atom. The summed E-state index contributed by atoms with van der Waals surface area (Å²) in [5.41, 5.74) is 1.64. The summed E-state index contributed by atoms with van der Waals surface area (Å²) in [6, 6.07) is 14.1. The zero-order chi connectivity index (χ0) is 23.2. The van der Waals surface area contributed by atoms with Crippen molar-refractivity contribution >= 4 is 11.7 Å². The summed E-state index contributed by atoms with van der Waals surface area (Å²) < 4.78 is 32.7. The molecule has 0 aromatic heterocycles. The molecule has 7 heteroatoms. The highest BCUT2D eigenvalue weighted by Gasteiger charge is 2.35. The van der Waals surface area contributed by atoms with E-state index in [0.717, 1.165) is 57.7 Å². The standard InChI is InChI=1S/C26H33F2N3O2/c1-33-26(32)10-9-21-19-29(18-20-5-4-6-22(27)17-20)12-11-24(21)30-13-15-31(16-14-30)25-8-3-2-7-23(25)28/h2-8,17,21,24H,9-16,18-19H2,1H3/t21-,24+/m0/s1. The molecule has 0 bridgehead atoms. The lowest BCUT2D eigenvalue weighted by atomic mass is 9.86. The summed E-state index contributed by atoms with van der Waals surface area (Å²) in [7, 11) is 1.43. The second-order valence-corrected chi connectivity index (χ2v) is 9.07. The molecule has 2 aliphatic heterocycles. The van der Waals surface area contributed by atoms with Crippen molar-refractivity contribution in [1.29, 1.82) is 0 Å². The summed E-state index contributed by atoms with van der Waals surface area (Å²) in [5.74, 6) is -0.239. The third kappa shape index (κ3) is 6.09. The molecule has 0 N–H and O–H groups in total. The lowest BCUT2D eigenvalue weighted by Crippen LogP contribution is -2.56. The number of likely N-dealkylation sites (tertiary alicyclic amines) is 1. The van der Waals surface area contributed by atoms with Crippen molar-refractivity contribution in [3.63, 3.8) is 0 Å². The Bertz CT molecular complexity index is 933. The lowest BCUT2D eigenvalue weighted by Gasteiger charge is -2.47. The van der Waals surface area contributed by atoms with Crippen molar-refractivity contribution < 1.29 is 18.3 Å². The molecule has 0 saturated carbocycles. The molecule has 0 amide bonds. The molecule has 178 valence electrons. The Morgan fingerprint density at radius 3 is 2.55 bits per heavy atom. The van der Waals surface area contributed by atoms with Crippen LogP contribution in [0.5, 0.6) is 0 Å². The molecule has 0 aliphatic carbocycles. The number of halogens is 2. The number of carbonyl (C=O) groups is 1. The first-order chi connectivity index (χ1) is 16.0. The molecule has 2 aromatic carbocycles. The van der Waals surface area contributed by atoms with E-state index in [0.29, 0.717) is 30.6 Å². The van der Waals surface area contributed by atoms with Crippen LogP contribution in [-0.4, -0.2) is 68.2 Å². The zero-order valence-corrected chi connectivity index (χ0v) is 19.3. The molecular formula is C26H33F2N3O2. The first-order valence-electron chi connectivity index (χ1n) is 11.8. The largest absolute Gasteiger partial charge is 0.469 e.